The molecule has 0 spiro atoms. The maximum atomic E-state index is 12.7. The molecule has 0 saturated carbocycles. The summed E-state index contributed by atoms with van der Waals surface area (Å²) in [4.78, 5) is 29.9. The Labute approximate surface area is 184 Å². The molecule has 1 fully saturated rings. The van der Waals surface area contributed by atoms with Gasteiger partial charge in [-0.3, -0.25) is 20.1 Å². The fraction of sp³-hybridized carbons (Fsp3) is 0.238. The number of fused-ring (bicyclic) bond motifs is 1. The van der Waals surface area contributed by atoms with E-state index in [1.54, 1.807) is 29.2 Å². The molecule has 9 nitrogen and oxygen atoms in total. The van der Waals surface area contributed by atoms with Gasteiger partial charge in [-0.1, -0.05) is 6.07 Å². The van der Waals surface area contributed by atoms with Crippen molar-refractivity contribution in [3.8, 4) is 11.4 Å². The van der Waals surface area contributed by atoms with Gasteiger partial charge in [0.25, 0.3) is 17.6 Å². The zero-order chi connectivity index (χ0) is 20.3. The van der Waals surface area contributed by atoms with E-state index in [4.69, 9.17) is 0 Å². The molecule has 5 rings (SSSR count). The molecule has 2 N–H and O–H groups in total. The topological polar surface area (TPSA) is 110 Å². The second-order valence-corrected chi connectivity index (χ2v) is 7.29. The number of rotatable bonds is 5. The zero-order valence-electron chi connectivity index (χ0n) is 16.6. The summed E-state index contributed by atoms with van der Waals surface area (Å²) in [6.07, 6.45) is 8.78. The van der Waals surface area contributed by atoms with Gasteiger partial charge in [-0.05, 0) is 61.7 Å². The van der Waals surface area contributed by atoms with Crippen molar-refractivity contribution >= 4 is 30.0 Å². The van der Waals surface area contributed by atoms with Crippen molar-refractivity contribution in [3.63, 3.8) is 0 Å². The molecule has 1 aliphatic rings. The van der Waals surface area contributed by atoms with Gasteiger partial charge in [0.15, 0.2) is 0 Å². The van der Waals surface area contributed by atoms with E-state index in [-0.39, 0.29) is 24.3 Å². The minimum absolute atomic E-state index is 0. The highest BCUT2D eigenvalue weighted by Gasteiger charge is 2.17. The highest BCUT2D eigenvalue weighted by atomic mass is 35.5. The molecule has 31 heavy (non-hydrogen) atoms. The third-order valence-corrected chi connectivity index (χ3v) is 5.14. The number of aromatic nitrogens is 6. The summed E-state index contributed by atoms with van der Waals surface area (Å²) in [6, 6.07) is 9.32. The van der Waals surface area contributed by atoms with Crippen molar-refractivity contribution in [2.24, 2.45) is 5.92 Å². The van der Waals surface area contributed by atoms with Crippen LogP contribution in [0.2, 0.25) is 0 Å². The Kier molecular flexibility index (Phi) is 6.15. The van der Waals surface area contributed by atoms with Gasteiger partial charge in [0.1, 0.15) is 0 Å². The minimum Gasteiger partial charge on any atom is -0.316 e. The van der Waals surface area contributed by atoms with Crippen molar-refractivity contribution in [1.29, 1.82) is 0 Å². The Bertz CT molecular complexity index is 1190. The average molecular weight is 437 g/mol. The summed E-state index contributed by atoms with van der Waals surface area (Å²) >= 11 is 0. The van der Waals surface area contributed by atoms with E-state index in [0.717, 1.165) is 42.9 Å². The number of nitrogens with one attached hydrogen (secondary N) is 2. The van der Waals surface area contributed by atoms with E-state index >= 15 is 0 Å². The number of carbonyl (C=O) groups is 1. The van der Waals surface area contributed by atoms with E-state index in [1.165, 1.54) is 0 Å². The van der Waals surface area contributed by atoms with Crippen LogP contribution in [-0.2, 0) is 6.42 Å². The van der Waals surface area contributed by atoms with Crippen LogP contribution in [0.1, 0.15) is 22.3 Å². The largest absolute Gasteiger partial charge is 0.316 e. The van der Waals surface area contributed by atoms with Gasteiger partial charge in [0.05, 0.1) is 17.0 Å². The summed E-state index contributed by atoms with van der Waals surface area (Å²) < 4.78 is 1.57. The normalized spacial score (nSPS) is 15.5. The highest BCUT2D eigenvalue weighted by molar-refractivity contribution is 6.03. The lowest BCUT2D eigenvalue weighted by Gasteiger charge is -2.09. The van der Waals surface area contributed by atoms with E-state index in [2.05, 4.69) is 35.7 Å². The lowest BCUT2D eigenvalue weighted by Crippen LogP contribution is -2.15. The van der Waals surface area contributed by atoms with Crippen LogP contribution in [0.5, 0.6) is 0 Å². The first-order chi connectivity index (χ1) is 14.8. The second kappa shape index (κ2) is 9.15. The number of nitrogens with zero attached hydrogens (tertiary/aromatic N) is 6. The van der Waals surface area contributed by atoms with Crippen LogP contribution in [0.4, 0.5) is 5.95 Å². The molecule has 0 aromatic carbocycles. The molecule has 158 valence electrons. The SMILES string of the molecule is Cl.O=C(Nc1nc2nccc(-c3ccccn3)n2n1)c1cncc(CC2CCNC2)c1. The Morgan fingerprint density at radius 2 is 2.13 bits per heavy atom. The van der Waals surface area contributed by atoms with E-state index in [1.807, 2.05) is 30.5 Å². The minimum atomic E-state index is -0.302. The summed E-state index contributed by atoms with van der Waals surface area (Å²) in [6.45, 7) is 2.06. The first-order valence-corrected chi connectivity index (χ1v) is 9.85. The molecule has 0 bridgehead atoms. The van der Waals surface area contributed by atoms with Crippen LogP contribution >= 0.6 is 12.4 Å². The first-order valence-electron chi connectivity index (χ1n) is 9.85. The van der Waals surface area contributed by atoms with Crippen LogP contribution < -0.4 is 10.6 Å². The van der Waals surface area contributed by atoms with Crippen molar-refractivity contribution < 1.29 is 4.79 Å². The van der Waals surface area contributed by atoms with Crippen LogP contribution in [0, 0.1) is 5.92 Å². The van der Waals surface area contributed by atoms with Crippen molar-refractivity contribution in [2.45, 2.75) is 12.8 Å². The molecular formula is C21H21ClN8O. The summed E-state index contributed by atoms with van der Waals surface area (Å²) in [7, 11) is 0. The fourth-order valence-corrected chi connectivity index (χ4v) is 3.67. The molecule has 4 aromatic rings. The predicted octanol–water partition coefficient (Wildman–Crippen LogP) is 2.41. The summed E-state index contributed by atoms with van der Waals surface area (Å²) in [5.74, 6) is 0.848. The van der Waals surface area contributed by atoms with E-state index < -0.39 is 0 Å². The quantitative estimate of drug-likeness (QED) is 0.494. The maximum absolute atomic E-state index is 12.7. The van der Waals surface area contributed by atoms with Crippen LogP contribution in [-0.4, -0.2) is 48.5 Å². The van der Waals surface area contributed by atoms with Gasteiger partial charge < -0.3 is 5.32 Å². The van der Waals surface area contributed by atoms with Crippen LogP contribution in [0.15, 0.2) is 55.1 Å². The average Bonchev–Trinajstić information content (AvgIpc) is 3.43. The maximum Gasteiger partial charge on any atom is 0.259 e. The van der Waals surface area contributed by atoms with Gasteiger partial charge in [-0.15, -0.1) is 17.5 Å². The molecule has 0 radical (unpaired) electrons. The standard InChI is InChI=1S/C21H20N8O.ClH/c30-19(16-10-15(12-23-13-16)9-14-4-7-22-11-14)26-20-27-21-25-8-5-18(29(21)28-20)17-3-1-2-6-24-17;/h1-3,5-6,8,10,12-14,22H,4,7,9,11H2,(H,26,28,30);1H. The summed E-state index contributed by atoms with van der Waals surface area (Å²) in [5.41, 5.74) is 3.02. The molecule has 1 amide bonds. The molecule has 1 saturated heterocycles. The van der Waals surface area contributed by atoms with Crippen LogP contribution in [0.25, 0.3) is 17.2 Å². The molecule has 10 heteroatoms. The molecule has 1 unspecified atom stereocenters. The van der Waals surface area contributed by atoms with Gasteiger partial charge in [-0.25, -0.2) is 4.98 Å². The highest BCUT2D eigenvalue weighted by Crippen LogP contribution is 2.18. The number of anilines is 1. The van der Waals surface area contributed by atoms with Gasteiger partial charge in [-0.2, -0.15) is 9.50 Å². The number of pyridine rings is 2. The van der Waals surface area contributed by atoms with Gasteiger partial charge in [0.2, 0.25) is 0 Å². The number of halogens is 1. The lowest BCUT2D eigenvalue weighted by atomic mass is 9.99. The zero-order valence-corrected chi connectivity index (χ0v) is 17.4. The predicted molar refractivity (Wildman–Crippen MR) is 118 cm³/mol. The fourth-order valence-electron chi connectivity index (χ4n) is 3.67. The second-order valence-electron chi connectivity index (χ2n) is 7.29. The van der Waals surface area contributed by atoms with Crippen molar-refractivity contribution in [1.82, 2.24) is 34.9 Å². The molecule has 0 aliphatic carbocycles. The summed E-state index contributed by atoms with van der Waals surface area (Å²) in [5, 5.41) is 10.5. The molecule has 5 heterocycles. The molecule has 1 aliphatic heterocycles. The molecule has 4 aromatic heterocycles. The first kappa shape index (κ1) is 20.8. The number of hydrogen-bond acceptors (Lipinski definition) is 7. The Morgan fingerprint density at radius 1 is 1.19 bits per heavy atom. The third kappa shape index (κ3) is 4.52. The monoisotopic (exact) mass is 436 g/mol. The molecular weight excluding hydrogens is 416 g/mol. The van der Waals surface area contributed by atoms with Gasteiger partial charge in [0, 0.05) is 24.8 Å². The van der Waals surface area contributed by atoms with Crippen LogP contribution in [0.3, 0.4) is 0 Å². The number of amides is 1. The number of hydrogen-bond donors (Lipinski definition) is 2. The Morgan fingerprint density at radius 3 is 2.94 bits per heavy atom. The van der Waals surface area contributed by atoms with Crippen molar-refractivity contribution in [2.75, 3.05) is 18.4 Å². The third-order valence-electron chi connectivity index (χ3n) is 5.14. The van der Waals surface area contributed by atoms with Gasteiger partial charge >= 0.3 is 0 Å². The smallest absolute Gasteiger partial charge is 0.259 e. The number of carbonyl (C=O) groups excluding carboxylic acids is 1. The molecule has 1 atom stereocenters. The Hall–Kier alpha value is -3.43. The van der Waals surface area contributed by atoms with Crippen molar-refractivity contribution in [3.05, 3.63) is 66.2 Å². The van der Waals surface area contributed by atoms with E-state index in [0.29, 0.717) is 17.3 Å². The Balaban J connectivity index is 0.00000231. The lowest BCUT2D eigenvalue weighted by molar-refractivity contribution is 0.102. The van der Waals surface area contributed by atoms with E-state index in [9.17, 15) is 4.79 Å².